The Balaban J connectivity index is 2.10. The number of ether oxygens (including phenoxy) is 1. The molecule has 19 heavy (non-hydrogen) atoms. The zero-order chi connectivity index (χ0) is 13.9. The molecule has 4 nitrogen and oxygen atoms in total. The molecule has 2 heterocycles. The van der Waals surface area contributed by atoms with Crippen molar-refractivity contribution in [3.05, 3.63) is 23.4 Å². The monoisotopic (exact) mass is 263 g/mol. The van der Waals surface area contributed by atoms with Gasteiger partial charge < -0.3 is 15.0 Å². The van der Waals surface area contributed by atoms with Crippen molar-refractivity contribution in [3.8, 4) is 0 Å². The van der Waals surface area contributed by atoms with Crippen molar-refractivity contribution in [2.24, 2.45) is 0 Å². The second-order valence-electron chi connectivity index (χ2n) is 6.18. The van der Waals surface area contributed by atoms with Crippen LogP contribution in [0.25, 0.3) is 0 Å². The third kappa shape index (κ3) is 4.48. The summed E-state index contributed by atoms with van der Waals surface area (Å²) in [7, 11) is 0. The van der Waals surface area contributed by atoms with E-state index in [9.17, 15) is 0 Å². The Hall–Kier alpha value is -1.13. The zero-order valence-electron chi connectivity index (χ0n) is 12.5. The van der Waals surface area contributed by atoms with E-state index in [4.69, 9.17) is 4.74 Å². The summed E-state index contributed by atoms with van der Waals surface area (Å²) in [6, 6.07) is 4.35. The van der Waals surface area contributed by atoms with Crippen molar-refractivity contribution in [1.82, 2.24) is 10.3 Å². The third-order valence-corrected chi connectivity index (χ3v) is 3.16. The number of anilines is 1. The van der Waals surface area contributed by atoms with Crippen LogP contribution in [0.15, 0.2) is 12.1 Å². The van der Waals surface area contributed by atoms with E-state index in [0.29, 0.717) is 0 Å². The van der Waals surface area contributed by atoms with Gasteiger partial charge in [-0.05, 0) is 45.4 Å². The Kier molecular flexibility index (Phi) is 4.42. The minimum Gasteiger partial charge on any atom is -0.378 e. The predicted molar refractivity (Wildman–Crippen MR) is 78.6 cm³/mol. The minimum absolute atomic E-state index is 0.135. The number of rotatable bonds is 3. The second-order valence-corrected chi connectivity index (χ2v) is 6.18. The highest BCUT2D eigenvalue weighted by molar-refractivity contribution is 5.43. The smallest absolute Gasteiger partial charge is 0.129 e. The lowest BCUT2D eigenvalue weighted by Crippen LogP contribution is -2.37. The molecule has 1 N–H and O–H groups in total. The highest BCUT2D eigenvalue weighted by Crippen LogP contribution is 2.17. The highest BCUT2D eigenvalue weighted by Gasteiger charge is 2.14. The van der Waals surface area contributed by atoms with Gasteiger partial charge in [0.25, 0.3) is 0 Å². The van der Waals surface area contributed by atoms with E-state index in [1.165, 1.54) is 5.56 Å². The first kappa shape index (κ1) is 14.3. The molecule has 0 aliphatic carbocycles. The zero-order valence-corrected chi connectivity index (χ0v) is 12.5. The van der Waals surface area contributed by atoms with Gasteiger partial charge in [-0.15, -0.1) is 0 Å². The maximum atomic E-state index is 5.39. The molecule has 1 saturated heterocycles. The summed E-state index contributed by atoms with van der Waals surface area (Å²) in [6.07, 6.45) is 0. The summed E-state index contributed by atoms with van der Waals surface area (Å²) in [5.74, 6) is 1.08. The molecule has 0 amide bonds. The number of hydrogen-bond acceptors (Lipinski definition) is 4. The van der Waals surface area contributed by atoms with Gasteiger partial charge in [-0.2, -0.15) is 0 Å². The fourth-order valence-corrected chi connectivity index (χ4v) is 2.14. The van der Waals surface area contributed by atoms with Gasteiger partial charge in [-0.25, -0.2) is 4.98 Å². The molecule has 1 aromatic heterocycles. The number of nitrogens with one attached hydrogen (secondary N) is 1. The van der Waals surface area contributed by atoms with Crippen molar-refractivity contribution in [1.29, 1.82) is 0 Å². The molecule has 1 aliphatic heterocycles. The van der Waals surface area contributed by atoms with Gasteiger partial charge in [0.2, 0.25) is 0 Å². The van der Waals surface area contributed by atoms with Gasteiger partial charge in [0.15, 0.2) is 0 Å². The largest absolute Gasteiger partial charge is 0.378 e. The first-order chi connectivity index (χ1) is 8.94. The molecule has 106 valence electrons. The summed E-state index contributed by atoms with van der Waals surface area (Å²) in [5.41, 5.74) is 2.51. The van der Waals surface area contributed by atoms with Crippen LogP contribution in [0.2, 0.25) is 0 Å². The molecule has 2 rings (SSSR count). The number of pyridine rings is 1. The number of hydrogen-bond donors (Lipinski definition) is 1. The Labute approximate surface area is 116 Å². The molecule has 0 spiro atoms. The first-order valence-corrected chi connectivity index (χ1v) is 6.99. The van der Waals surface area contributed by atoms with Crippen LogP contribution >= 0.6 is 0 Å². The lowest BCUT2D eigenvalue weighted by molar-refractivity contribution is 0.122. The molecular formula is C15H25N3O. The second kappa shape index (κ2) is 5.88. The maximum absolute atomic E-state index is 5.39. The summed E-state index contributed by atoms with van der Waals surface area (Å²) >= 11 is 0. The van der Waals surface area contributed by atoms with Gasteiger partial charge in [0.1, 0.15) is 5.82 Å². The number of nitrogens with zero attached hydrogens (tertiary/aromatic N) is 2. The minimum atomic E-state index is 0.135. The summed E-state index contributed by atoms with van der Waals surface area (Å²) in [4.78, 5) is 6.95. The van der Waals surface area contributed by atoms with E-state index in [0.717, 1.165) is 44.4 Å². The van der Waals surface area contributed by atoms with Gasteiger partial charge in [-0.3, -0.25) is 0 Å². The van der Waals surface area contributed by atoms with Crippen LogP contribution in [0.3, 0.4) is 0 Å². The quantitative estimate of drug-likeness (QED) is 0.906. The van der Waals surface area contributed by atoms with E-state index in [-0.39, 0.29) is 5.54 Å². The molecule has 0 saturated carbocycles. The molecule has 4 heteroatoms. The molecule has 0 atom stereocenters. The topological polar surface area (TPSA) is 37.4 Å². The van der Waals surface area contributed by atoms with Crippen molar-refractivity contribution < 1.29 is 4.74 Å². The number of aryl methyl sites for hydroxylation is 1. The fraction of sp³-hybridized carbons (Fsp3) is 0.667. The highest BCUT2D eigenvalue weighted by atomic mass is 16.5. The summed E-state index contributed by atoms with van der Waals surface area (Å²) in [5, 5.41) is 3.52. The summed E-state index contributed by atoms with van der Waals surface area (Å²) < 4.78 is 5.39. The Bertz CT molecular complexity index is 420. The normalized spacial score (nSPS) is 16.7. The predicted octanol–water partition coefficient (Wildman–Crippen LogP) is 2.11. The fourth-order valence-electron chi connectivity index (χ4n) is 2.14. The molecule has 0 unspecified atom stereocenters. The lowest BCUT2D eigenvalue weighted by atomic mass is 10.1. The van der Waals surface area contributed by atoms with Crippen molar-refractivity contribution in [2.45, 2.75) is 39.8 Å². The Morgan fingerprint density at radius 3 is 2.58 bits per heavy atom. The molecule has 1 aromatic rings. The van der Waals surface area contributed by atoms with Crippen LogP contribution in [0.1, 0.15) is 32.0 Å². The Morgan fingerprint density at radius 1 is 1.26 bits per heavy atom. The molecule has 1 fully saturated rings. The van der Waals surface area contributed by atoms with Crippen molar-refractivity contribution in [2.75, 3.05) is 31.2 Å². The first-order valence-electron chi connectivity index (χ1n) is 6.99. The van der Waals surface area contributed by atoms with Crippen LogP contribution in [-0.4, -0.2) is 36.8 Å². The molecule has 0 bridgehead atoms. The van der Waals surface area contributed by atoms with E-state index in [1.54, 1.807) is 0 Å². The van der Waals surface area contributed by atoms with E-state index in [2.05, 4.69) is 55.0 Å². The van der Waals surface area contributed by atoms with Crippen molar-refractivity contribution in [3.63, 3.8) is 0 Å². The number of aromatic nitrogens is 1. The lowest BCUT2D eigenvalue weighted by Gasteiger charge is -2.28. The van der Waals surface area contributed by atoms with Crippen LogP contribution in [0.4, 0.5) is 5.82 Å². The van der Waals surface area contributed by atoms with E-state index in [1.807, 2.05) is 0 Å². The van der Waals surface area contributed by atoms with E-state index >= 15 is 0 Å². The van der Waals surface area contributed by atoms with Crippen LogP contribution in [0.5, 0.6) is 0 Å². The van der Waals surface area contributed by atoms with Crippen LogP contribution in [-0.2, 0) is 11.3 Å². The van der Waals surface area contributed by atoms with Crippen molar-refractivity contribution >= 4 is 5.82 Å². The van der Waals surface area contributed by atoms with Crippen LogP contribution in [0, 0.1) is 6.92 Å². The molecular weight excluding hydrogens is 238 g/mol. The van der Waals surface area contributed by atoms with Crippen LogP contribution < -0.4 is 10.2 Å². The molecule has 0 radical (unpaired) electrons. The van der Waals surface area contributed by atoms with Gasteiger partial charge >= 0.3 is 0 Å². The molecule has 0 aromatic carbocycles. The van der Waals surface area contributed by atoms with Gasteiger partial charge in [-0.1, -0.05) is 0 Å². The number of morpholine rings is 1. The molecule has 1 aliphatic rings. The van der Waals surface area contributed by atoms with E-state index < -0.39 is 0 Å². The van der Waals surface area contributed by atoms with Gasteiger partial charge in [0.05, 0.1) is 13.2 Å². The van der Waals surface area contributed by atoms with Gasteiger partial charge in [0, 0.05) is 30.9 Å². The Morgan fingerprint density at radius 2 is 1.95 bits per heavy atom. The summed E-state index contributed by atoms with van der Waals surface area (Å²) in [6.45, 7) is 13.0. The third-order valence-electron chi connectivity index (χ3n) is 3.16. The maximum Gasteiger partial charge on any atom is 0.129 e. The average Bonchev–Trinajstić information content (AvgIpc) is 2.36. The average molecular weight is 263 g/mol. The SMILES string of the molecule is Cc1cc(CNC(C)(C)C)cc(N2CCOCC2)n1. The standard InChI is InChI=1S/C15H25N3O/c1-12-9-13(11-16-15(2,3)4)10-14(17-12)18-5-7-19-8-6-18/h9-10,16H,5-8,11H2,1-4H3.